The van der Waals surface area contributed by atoms with Gasteiger partial charge in [0, 0.05) is 19.6 Å². The second kappa shape index (κ2) is 4.43. The lowest BCUT2D eigenvalue weighted by Crippen LogP contribution is -2.33. The van der Waals surface area contributed by atoms with Crippen LogP contribution in [0.5, 0.6) is 0 Å². The van der Waals surface area contributed by atoms with Gasteiger partial charge in [-0.25, -0.2) is 0 Å². The number of hydrogen-bond acceptors (Lipinski definition) is 3. The van der Waals surface area contributed by atoms with Crippen LogP contribution in [0.2, 0.25) is 0 Å². The van der Waals surface area contributed by atoms with Gasteiger partial charge < -0.3 is 10.6 Å². The summed E-state index contributed by atoms with van der Waals surface area (Å²) in [6, 6.07) is 2.19. The summed E-state index contributed by atoms with van der Waals surface area (Å²) in [5.41, 5.74) is 1.88. The fourth-order valence-corrected chi connectivity index (χ4v) is 2.59. The minimum Gasteiger partial charge on any atom is -0.316 e. The molecule has 2 nitrogen and oxygen atoms in total. The summed E-state index contributed by atoms with van der Waals surface area (Å²) in [4.78, 5) is 0. The largest absolute Gasteiger partial charge is 0.316 e. The Labute approximate surface area is 89.7 Å². The lowest BCUT2D eigenvalue weighted by molar-refractivity contribution is 0.339. The molecule has 14 heavy (non-hydrogen) atoms. The molecule has 0 radical (unpaired) electrons. The van der Waals surface area contributed by atoms with Gasteiger partial charge in [0.15, 0.2) is 0 Å². The van der Waals surface area contributed by atoms with Crippen LogP contribution in [0.4, 0.5) is 0 Å². The highest BCUT2D eigenvalue weighted by Gasteiger charge is 2.27. The Hall–Kier alpha value is -0.380. The summed E-state index contributed by atoms with van der Waals surface area (Å²) in [5, 5.41) is 11.3. The highest BCUT2D eigenvalue weighted by atomic mass is 32.1. The predicted octanol–water partition coefficient (Wildman–Crippen LogP) is 1.84. The lowest BCUT2D eigenvalue weighted by Gasteiger charge is -2.22. The Balaban J connectivity index is 1.72. The van der Waals surface area contributed by atoms with Gasteiger partial charge in [-0.1, -0.05) is 6.92 Å². The van der Waals surface area contributed by atoms with Gasteiger partial charge >= 0.3 is 0 Å². The molecule has 78 valence electrons. The van der Waals surface area contributed by atoms with Gasteiger partial charge in [-0.05, 0) is 40.8 Å². The molecule has 1 aromatic rings. The Morgan fingerprint density at radius 3 is 3.21 bits per heavy atom. The fraction of sp³-hybridized carbons (Fsp3) is 0.636. The van der Waals surface area contributed by atoms with Crippen LogP contribution in [0.1, 0.15) is 18.9 Å². The maximum atomic E-state index is 3.54. The van der Waals surface area contributed by atoms with E-state index in [1.165, 1.54) is 18.5 Å². The highest BCUT2D eigenvalue weighted by molar-refractivity contribution is 7.07. The minimum absolute atomic E-state index is 0.468. The molecule has 0 spiro atoms. The minimum atomic E-state index is 0.468. The first-order valence-corrected chi connectivity index (χ1v) is 6.15. The molecular weight excluding hydrogens is 192 g/mol. The average Bonchev–Trinajstić information content (AvgIpc) is 2.77. The molecule has 1 unspecified atom stereocenters. The van der Waals surface area contributed by atoms with Crippen molar-refractivity contribution in [1.82, 2.24) is 10.6 Å². The smallest absolute Gasteiger partial charge is 0.0213 e. The van der Waals surface area contributed by atoms with Crippen molar-refractivity contribution in [2.45, 2.75) is 19.9 Å². The molecule has 1 aromatic heterocycles. The van der Waals surface area contributed by atoms with Gasteiger partial charge in [0.05, 0.1) is 0 Å². The lowest BCUT2D eigenvalue weighted by atomic mass is 9.90. The number of hydrogen-bond donors (Lipinski definition) is 2. The predicted molar refractivity (Wildman–Crippen MR) is 61.6 cm³/mol. The first kappa shape index (κ1) is 10.1. The van der Waals surface area contributed by atoms with Crippen molar-refractivity contribution in [2.75, 3.05) is 19.6 Å². The molecule has 1 aliphatic rings. The standard InChI is InChI=1S/C11H18N2S/c1-11(3-4-12-8-11)9-13-6-10-2-5-14-7-10/h2,5,7,12-13H,3-4,6,8-9H2,1H3. The molecule has 3 heteroatoms. The van der Waals surface area contributed by atoms with Gasteiger partial charge in [0.2, 0.25) is 0 Å². The molecule has 1 saturated heterocycles. The quantitative estimate of drug-likeness (QED) is 0.792. The van der Waals surface area contributed by atoms with E-state index in [4.69, 9.17) is 0 Å². The molecule has 0 bridgehead atoms. The first-order valence-electron chi connectivity index (χ1n) is 5.21. The Morgan fingerprint density at radius 2 is 2.57 bits per heavy atom. The number of rotatable bonds is 4. The van der Waals surface area contributed by atoms with Crippen LogP contribution in [0.3, 0.4) is 0 Å². The van der Waals surface area contributed by atoms with Crippen molar-refractivity contribution in [1.29, 1.82) is 0 Å². The van der Waals surface area contributed by atoms with Crippen LogP contribution < -0.4 is 10.6 Å². The summed E-state index contributed by atoms with van der Waals surface area (Å²) >= 11 is 1.77. The van der Waals surface area contributed by atoms with E-state index >= 15 is 0 Å². The summed E-state index contributed by atoms with van der Waals surface area (Å²) < 4.78 is 0. The Kier molecular flexibility index (Phi) is 3.21. The molecule has 1 fully saturated rings. The summed E-state index contributed by atoms with van der Waals surface area (Å²) in [6.07, 6.45) is 1.30. The molecule has 1 atom stereocenters. The monoisotopic (exact) mass is 210 g/mol. The van der Waals surface area contributed by atoms with Crippen LogP contribution in [-0.4, -0.2) is 19.6 Å². The zero-order valence-electron chi connectivity index (χ0n) is 8.68. The van der Waals surface area contributed by atoms with E-state index in [2.05, 4.69) is 34.4 Å². The SMILES string of the molecule is CC1(CNCc2ccsc2)CCNC1. The third kappa shape index (κ3) is 2.56. The fourth-order valence-electron chi connectivity index (χ4n) is 1.92. The van der Waals surface area contributed by atoms with Crippen LogP contribution in [0, 0.1) is 5.41 Å². The van der Waals surface area contributed by atoms with E-state index in [0.717, 1.165) is 19.6 Å². The molecular formula is C11H18N2S. The Bertz CT molecular complexity index is 263. The van der Waals surface area contributed by atoms with E-state index in [-0.39, 0.29) is 0 Å². The maximum absolute atomic E-state index is 3.54. The molecule has 0 aromatic carbocycles. The normalized spacial score (nSPS) is 26.9. The summed E-state index contributed by atoms with van der Waals surface area (Å²) in [5.74, 6) is 0. The second-order valence-electron chi connectivity index (χ2n) is 4.47. The van der Waals surface area contributed by atoms with E-state index < -0.39 is 0 Å². The molecule has 2 heterocycles. The van der Waals surface area contributed by atoms with Crippen molar-refractivity contribution in [3.05, 3.63) is 22.4 Å². The van der Waals surface area contributed by atoms with Crippen molar-refractivity contribution in [3.63, 3.8) is 0 Å². The van der Waals surface area contributed by atoms with Crippen molar-refractivity contribution in [3.8, 4) is 0 Å². The van der Waals surface area contributed by atoms with E-state index in [9.17, 15) is 0 Å². The van der Waals surface area contributed by atoms with Gasteiger partial charge in [0.1, 0.15) is 0 Å². The number of nitrogens with one attached hydrogen (secondary N) is 2. The molecule has 0 saturated carbocycles. The topological polar surface area (TPSA) is 24.1 Å². The van der Waals surface area contributed by atoms with E-state index in [1.807, 2.05) is 0 Å². The zero-order chi connectivity index (χ0) is 9.86. The second-order valence-corrected chi connectivity index (χ2v) is 5.25. The van der Waals surface area contributed by atoms with E-state index in [0.29, 0.717) is 5.41 Å². The molecule has 1 aliphatic heterocycles. The molecule has 2 N–H and O–H groups in total. The van der Waals surface area contributed by atoms with Gasteiger partial charge in [-0.2, -0.15) is 11.3 Å². The van der Waals surface area contributed by atoms with Crippen molar-refractivity contribution >= 4 is 11.3 Å². The molecule has 0 amide bonds. The van der Waals surface area contributed by atoms with Gasteiger partial charge in [-0.15, -0.1) is 0 Å². The van der Waals surface area contributed by atoms with Crippen LogP contribution in [-0.2, 0) is 6.54 Å². The molecule has 2 rings (SSSR count). The Morgan fingerprint density at radius 1 is 1.64 bits per heavy atom. The third-order valence-electron chi connectivity index (χ3n) is 2.92. The maximum Gasteiger partial charge on any atom is 0.0213 e. The zero-order valence-corrected chi connectivity index (χ0v) is 9.49. The average molecular weight is 210 g/mol. The first-order chi connectivity index (χ1) is 6.79. The van der Waals surface area contributed by atoms with Crippen LogP contribution in [0.25, 0.3) is 0 Å². The van der Waals surface area contributed by atoms with Crippen LogP contribution in [0.15, 0.2) is 16.8 Å². The number of thiophene rings is 1. The molecule has 0 aliphatic carbocycles. The van der Waals surface area contributed by atoms with Gasteiger partial charge in [-0.3, -0.25) is 0 Å². The van der Waals surface area contributed by atoms with Crippen molar-refractivity contribution < 1.29 is 0 Å². The van der Waals surface area contributed by atoms with E-state index in [1.54, 1.807) is 11.3 Å². The van der Waals surface area contributed by atoms with Gasteiger partial charge in [0.25, 0.3) is 0 Å². The highest BCUT2D eigenvalue weighted by Crippen LogP contribution is 2.23. The van der Waals surface area contributed by atoms with Crippen molar-refractivity contribution in [2.24, 2.45) is 5.41 Å². The third-order valence-corrected chi connectivity index (χ3v) is 3.65. The summed E-state index contributed by atoms with van der Waals surface area (Å²) in [6.45, 7) is 6.82. The summed E-state index contributed by atoms with van der Waals surface area (Å²) in [7, 11) is 0. The van der Waals surface area contributed by atoms with Crippen LogP contribution >= 0.6 is 11.3 Å².